The van der Waals surface area contributed by atoms with Gasteiger partial charge in [-0.25, -0.2) is 0 Å². The number of benzene rings is 1. The lowest BCUT2D eigenvalue weighted by Crippen LogP contribution is -2.42. The highest BCUT2D eigenvalue weighted by Gasteiger charge is 2.25. The maximum Gasteiger partial charge on any atom is 0.224 e. The zero-order chi connectivity index (χ0) is 16.7. The first kappa shape index (κ1) is 18.6. The van der Waals surface area contributed by atoms with E-state index in [9.17, 15) is 4.79 Å². The third kappa shape index (κ3) is 5.98. The van der Waals surface area contributed by atoms with Crippen LogP contribution in [0.3, 0.4) is 0 Å². The van der Waals surface area contributed by atoms with Gasteiger partial charge in [-0.15, -0.1) is 0 Å². The number of likely N-dealkylation sites (tertiary alicyclic amines) is 1. The van der Waals surface area contributed by atoms with Gasteiger partial charge >= 0.3 is 0 Å². The standard InChI is InChI=1S/C18H26Cl2N2O/c1-2-3-4-9-21-18(23)15-6-5-10-22(13-15)12-14-7-8-16(19)11-17(14)20/h7-8,11,15H,2-6,9-10,12-13H2,1H3,(H,21,23)/t15-/m1/s1. The molecule has 0 spiro atoms. The molecule has 1 amide bonds. The van der Waals surface area contributed by atoms with E-state index >= 15 is 0 Å². The second kappa shape index (κ2) is 9.51. The molecule has 3 nitrogen and oxygen atoms in total. The normalized spacial score (nSPS) is 18.8. The fourth-order valence-corrected chi connectivity index (χ4v) is 3.50. The summed E-state index contributed by atoms with van der Waals surface area (Å²) in [5, 5.41) is 4.43. The quantitative estimate of drug-likeness (QED) is 0.728. The van der Waals surface area contributed by atoms with Crippen LogP contribution >= 0.6 is 23.2 Å². The Bertz CT molecular complexity index is 522. The van der Waals surface area contributed by atoms with Crippen LogP contribution in [0.2, 0.25) is 10.0 Å². The number of amides is 1. The number of unbranched alkanes of at least 4 members (excludes halogenated alkanes) is 2. The Kier molecular flexibility index (Phi) is 7.68. The lowest BCUT2D eigenvalue weighted by atomic mass is 9.96. The second-order valence-electron chi connectivity index (χ2n) is 6.31. The minimum Gasteiger partial charge on any atom is -0.356 e. The molecule has 1 aromatic carbocycles. The number of carbonyl (C=O) groups excluding carboxylic acids is 1. The van der Waals surface area contributed by atoms with Gasteiger partial charge in [0, 0.05) is 29.7 Å². The number of nitrogens with zero attached hydrogens (tertiary/aromatic N) is 1. The van der Waals surface area contributed by atoms with E-state index in [0.29, 0.717) is 10.0 Å². The summed E-state index contributed by atoms with van der Waals surface area (Å²) >= 11 is 12.2. The zero-order valence-corrected chi connectivity index (χ0v) is 15.3. The summed E-state index contributed by atoms with van der Waals surface area (Å²) in [6, 6.07) is 5.62. The average Bonchev–Trinajstić information content (AvgIpc) is 2.54. The zero-order valence-electron chi connectivity index (χ0n) is 13.8. The molecule has 1 fully saturated rings. The van der Waals surface area contributed by atoms with Gasteiger partial charge in [0.05, 0.1) is 5.92 Å². The van der Waals surface area contributed by atoms with Crippen molar-refractivity contribution in [3.05, 3.63) is 33.8 Å². The van der Waals surface area contributed by atoms with Crippen molar-refractivity contribution in [1.82, 2.24) is 10.2 Å². The molecule has 0 bridgehead atoms. The molecule has 23 heavy (non-hydrogen) atoms. The first-order valence-electron chi connectivity index (χ1n) is 8.54. The highest BCUT2D eigenvalue weighted by atomic mass is 35.5. The molecule has 1 heterocycles. The van der Waals surface area contributed by atoms with Crippen LogP contribution in [-0.2, 0) is 11.3 Å². The monoisotopic (exact) mass is 356 g/mol. The van der Waals surface area contributed by atoms with Crippen LogP contribution in [-0.4, -0.2) is 30.4 Å². The fourth-order valence-electron chi connectivity index (χ4n) is 3.03. The summed E-state index contributed by atoms with van der Waals surface area (Å²) in [6.07, 6.45) is 5.45. The Morgan fingerprint density at radius 2 is 2.17 bits per heavy atom. The molecule has 0 saturated carbocycles. The molecular weight excluding hydrogens is 331 g/mol. The van der Waals surface area contributed by atoms with Gasteiger partial charge in [-0.3, -0.25) is 9.69 Å². The van der Waals surface area contributed by atoms with Crippen molar-refractivity contribution in [2.75, 3.05) is 19.6 Å². The van der Waals surface area contributed by atoms with Crippen LogP contribution in [0.5, 0.6) is 0 Å². The van der Waals surface area contributed by atoms with E-state index in [2.05, 4.69) is 17.1 Å². The Morgan fingerprint density at radius 1 is 1.35 bits per heavy atom. The van der Waals surface area contributed by atoms with E-state index in [4.69, 9.17) is 23.2 Å². The summed E-state index contributed by atoms with van der Waals surface area (Å²) in [6.45, 7) is 5.56. The van der Waals surface area contributed by atoms with Crippen molar-refractivity contribution in [2.24, 2.45) is 5.92 Å². The maximum atomic E-state index is 12.3. The highest BCUT2D eigenvalue weighted by molar-refractivity contribution is 6.35. The number of hydrogen-bond acceptors (Lipinski definition) is 2. The van der Waals surface area contributed by atoms with Gasteiger partial charge in [0.25, 0.3) is 0 Å². The summed E-state index contributed by atoms with van der Waals surface area (Å²) < 4.78 is 0. The molecular formula is C18H26Cl2N2O. The largest absolute Gasteiger partial charge is 0.356 e. The molecule has 5 heteroatoms. The molecule has 0 unspecified atom stereocenters. The first-order chi connectivity index (χ1) is 11.1. The van der Waals surface area contributed by atoms with Crippen molar-refractivity contribution < 1.29 is 4.79 Å². The Hall–Kier alpha value is -0.770. The van der Waals surface area contributed by atoms with Gasteiger partial charge in [0.1, 0.15) is 0 Å². The molecule has 0 aromatic heterocycles. The molecule has 1 saturated heterocycles. The smallest absolute Gasteiger partial charge is 0.224 e. The van der Waals surface area contributed by atoms with Gasteiger partial charge in [-0.2, -0.15) is 0 Å². The number of rotatable bonds is 7. The predicted molar refractivity (Wildman–Crippen MR) is 97.0 cm³/mol. The molecule has 0 radical (unpaired) electrons. The Morgan fingerprint density at radius 3 is 2.91 bits per heavy atom. The van der Waals surface area contributed by atoms with E-state index in [1.807, 2.05) is 12.1 Å². The van der Waals surface area contributed by atoms with E-state index in [0.717, 1.165) is 51.0 Å². The number of carbonyl (C=O) groups is 1. The molecule has 128 valence electrons. The van der Waals surface area contributed by atoms with Crippen LogP contribution in [0, 0.1) is 5.92 Å². The fraction of sp³-hybridized carbons (Fsp3) is 0.611. The molecule has 2 rings (SSSR count). The van der Waals surface area contributed by atoms with Crippen molar-refractivity contribution in [3.8, 4) is 0 Å². The Labute approximate surface area is 149 Å². The van der Waals surface area contributed by atoms with Crippen molar-refractivity contribution in [1.29, 1.82) is 0 Å². The van der Waals surface area contributed by atoms with Crippen LogP contribution in [0.1, 0.15) is 44.6 Å². The predicted octanol–water partition coefficient (Wildman–Crippen LogP) is 4.51. The van der Waals surface area contributed by atoms with Crippen LogP contribution < -0.4 is 5.32 Å². The van der Waals surface area contributed by atoms with E-state index in [1.165, 1.54) is 12.8 Å². The number of halogens is 2. The van der Waals surface area contributed by atoms with Crippen molar-refractivity contribution in [3.63, 3.8) is 0 Å². The third-order valence-corrected chi connectivity index (χ3v) is 4.95. The summed E-state index contributed by atoms with van der Waals surface area (Å²) in [4.78, 5) is 14.6. The van der Waals surface area contributed by atoms with E-state index in [1.54, 1.807) is 6.07 Å². The van der Waals surface area contributed by atoms with Gasteiger partial charge < -0.3 is 5.32 Å². The first-order valence-corrected chi connectivity index (χ1v) is 9.29. The van der Waals surface area contributed by atoms with Gasteiger partial charge in [0.2, 0.25) is 5.91 Å². The number of nitrogens with one attached hydrogen (secondary N) is 1. The molecule has 1 aromatic rings. The van der Waals surface area contributed by atoms with Crippen LogP contribution in [0.15, 0.2) is 18.2 Å². The average molecular weight is 357 g/mol. The molecule has 0 aliphatic carbocycles. The summed E-state index contributed by atoms with van der Waals surface area (Å²) in [5.41, 5.74) is 1.07. The minimum atomic E-state index is 0.0939. The third-order valence-electron chi connectivity index (χ3n) is 4.36. The van der Waals surface area contributed by atoms with Crippen molar-refractivity contribution in [2.45, 2.75) is 45.6 Å². The van der Waals surface area contributed by atoms with Gasteiger partial charge in [0.15, 0.2) is 0 Å². The molecule has 1 aliphatic rings. The lowest BCUT2D eigenvalue weighted by Gasteiger charge is -2.32. The molecule has 1 N–H and O–H groups in total. The Balaban J connectivity index is 1.84. The number of piperidine rings is 1. The van der Waals surface area contributed by atoms with Crippen LogP contribution in [0.25, 0.3) is 0 Å². The topological polar surface area (TPSA) is 32.3 Å². The van der Waals surface area contributed by atoms with Gasteiger partial charge in [-0.05, 0) is 43.5 Å². The summed E-state index contributed by atoms with van der Waals surface area (Å²) in [7, 11) is 0. The summed E-state index contributed by atoms with van der Waals surface area (Å²) in [5.74, 6) is 0.296. The maximum absolute atomic E-state index is 12.3. The van der Waals surface area contributed by atoms with E-state index < -0.39 is 0 Å². The molecule has 1 aliphatic heterocycles. The van der Waals surface area contributed by atoms with Crippen LogP contribution in [0.4, 0.5) is 0 Å². The van der Waals surface area contributed by atoms with E-state index in [-0.39, 0.29) is 11.8 Å². The minimum absolute atomic E-state index is 0.0939. The second-order valence-corrected chi connectivity index (χ2v) is 7.15. The number of hydrogen-bond donors (Lipinski definition) is 1. The lowest BCUT2D eigenvalue weighted by molar-refractivity contribution is -0.126. The van der Waals surface area contributed by atoms with Crippen molar-refractivity contribution >= 4 is 29.1 Å². The molecule has 1 atom stereocenters. The highest BCUT2D eigenvalue weighted by Crippen LogP contribution is 2.25. The van der Waals surface area contributed by atoms with Gasteiger partial charge in [-0.1, -0.05) is 49.0 Å². The SMILES string of the molecule is CCCCCNC(=O)[C@@H]1CCCN(Cc2ccc(Cl)cc2Cl)C1.